The molecule has 0 saturated carbocycles. The summed E-state index contributed by atoms with van der Waals surface area (Å²) in [6.07, 6.45) is 1.70. The van der Waals surface area contributed by atoms with Gasteiger partial charge in [0.15, 0.2) is 0 Å². The Morgan fingerprint density at radius 3 is 2.24 bits per heavy atom. The summed E-state index contributed by atoms with van der Waals surface area (Å²) in [6, 6.07) is 10.6. The number of phenols is 1. The van der Waals surface area contributed by atoms with Gasteiger partial charge in [0, 0.05) is 0 Å². The predicted molar refractivity (Wildman–Crippen MR) is 93.5 cm³/mol. The second-order valence-electron chi connectivity index (χ2n) is 4.13. The van der Waals surface area contributed by atoms with Gasteiger partial charge in [0.05, 0.1) is 30.6 Å². The van der Waals surface area contributed by atoms with E-state index in [1.807, 2.05) is 0 Å². The average Bonchev–Trinajstić information content (AvgIpc) is 2.45. The third-order valence-electron chi connectivity index (χ3n) is 2.70. The molecule has 0 aliphatic carbocycles. The summed E-state index contributed by atoms with van der Waals surface area (Å²) in [6.45, 7) is 0. The Morgan fingerprint density at radius 2 is 1.71 bits per heavy atom. The van der Waals surface area contributed by atoms with Crippen LogP contribution in [-0.4, -0.2) is 5.11 Å². The summed E-state index contributed by atoms with van der Waals surface area (Å²) >= 11 is 18.4. The predicted octanol–water partition coefficient (Wildman–Crippen LogP) is 6.29. The van der Waals surface area contributed by atoms with Gasteiger partial charge in [-0.15, -0.1) is 0 Å². The Kier molecular flexibility index (Phi) is 5.34. The molecule has 21 heavy (non-hydrogen) atoms. The number of hydrogen-bond donors (Lipinski definition) is 1. The van der Waals surface area contributed by atoms with Crippen molar-refractivity contribution >= 4 is 66.7 Å². The lowest BCUT2D eigenvalue weighted by molar-refractivity contribution is 0.468. The highest BCUT2D eigenvalue weighted by Gasteiger charge is 2.08. The van der Waals surface area contributed by atoms with Crippen molar-refractivity contribution in [2.45, 2.75) is 0 Å². The van der Waals surface area contributed by atoms with E-state index in [9.17, 15) is 10.4 Å². The summed E-state index contributed by atoms with van der Waals surface area (Å²) in [4.78, 5) is 0. The second-order valence-corrected chi connectivity index (χ2v) is 6.65. The van der Waals surface area contributed by atoms with Crippen LogP contribution in [-0.2, 0) is 0 Å². The number of aromatic hydroxyl groups is 1. The first-order chi connectivity index (χ1) is 9.92. The zero-order chi connectivity index (χ0) is 15.6. The number of benzene rings is 2. The Balaban J connectivity index is 2.51. The fourth-order valence-electron chi connectivity index (χ4n) is 1.68. The molecule has 0 unspecified atom stereocenters. The van der Waals surface area contributed by atoms with E-state index in [0.29, 0.717) is 30.1 Å². The van der Waals surface area contributed by atoms with E-state index in [0.717, 1.165) is 5.56 Å². The minimum atomic E-state index is 0.111. The van der Waals surface area contributed by atoms with Crippen LogP contribution in [0.2, 0.25) is 10.0 Å². The molecule has 1 N–H and O–H groups in total. The molecule has 2 nitrogen and oxygen atoms in total. The van der Waals surface area contributed by atoms with Gasteiger partial charge in [0.1, 0.15) is 5.75 Å². The van der Waals surface area contributed by atoms with Crippen molar-refractivity contribution in [1.29, 1.82) is 5.26 Å². The molecule has 2 rings (SSSR count). The van der Waals surface area contributed by atoms with Gasteiger partial charge < -0.3 is 5.11 Å². The zero-order valence-corrected chi connectivity index (χ0v) is 15.1. The van der Waals surface area contributed by atoms with Crippen molar-refractivity contribution in [2.75, 3.05) is 0 Å². The monoisotopic (exact) mass is 445 g/mol. The minimum absolute atomic E-state index is 0.111. The molecule has 0 aliphatic rings. The van der Waals surface area contributed by atoms with Crippen molar-refractivity contribution in [3.05, 3.63) is 60.4 Å². The van der Waals surface area contributed by atoms with Gasteiger partial charge in [-0.1, -0.05) is 29.3 Å². The maximum absolute atomic E-state index is 9.69. The van der Waals surface area contributed by atoms with Gasteiger partial charge in [-0.05, 0) is 73.3 Å². The summed E-state index contributed by atoms with van der Waals surface area (Å²) < 4.78 is 1.07. The zero-order valence-electron chi connectivity index (χ0n) is 10.4. The van der Waals surface area contributed by atoms with Crippen LogP contribution >= 0.6 is 55.1 Å². The molecule has 2 aromatic carbocycles. The Labute approximate surface area is 148 Å². The molecule has 0 radical (unpaired) electrons. The van der Waals surface area contributed by atoms with Gasteiger partial charge in [-0.2, -0.15) is 5.26 Å². The van der Waals surface area contributed by atoms with Gasteiger partial charge in [0.25, 0.3) is 0 Å². The third-order valence-corrected chi connectivity index (χ3v) is 4.65. The van der Waals surface area contributed by atoms with E-state index in [2.05, 4.69) is 37.9 Å². The highest BCUT2D eigenvalue weighted by molar-refractivity contribution is 9.11. The Hall–Kier alpha value is -0.990. The molecule has 106 valence electrons. The minimum Gasteiger partial charge on any atom is -0.506 e. The molecule has 0 fully saturated rings. The highest BCUT2D eigenvalue weighted by Crippen LogP contribution is 2.35. The van der Waals surface area contributed by atoms with Crippen LogP contribution < -0.4 is 0 Å². The van der Waals surface area contributed by atoms with Crippen LogP contribution in [0.4, 0.5) is 0 Å². The van der Waals surface area contributed by atoms with Gasteiger partial charge >= 0.3 is 0 Å². The largest absolute Gasteiger partial charge is 0.506 e. The molecule has 0 spiro atoms. The lowest BCUT2D eigenvalue weighted by atomic mass is 10.0. The summed E-state index contributed by atoms with van der Waals surface area (Å²) in [7, 11) is 0. The normalized spacial score (nSPS) is 11.3. The SMILES string of the molecule is N#C/C(=C/c1cc(Br)c(O)c(Br)c1)c1ccc(Cl)c(Cl)c1. The van der Waals surface area contributed by atoms with E-state index in [1.54, 1.807) is 36.4 Å². The van der Waals surface area contributed by atoms with Crippen LogP contribution in [0.5, 0.6) is 5.75 Å². The van der Waals surface area contributed by atoms with Crippen LogP contribution in [0, 0.1) is 11.3 Å². The molecule has 0 saturated heterocycles. The average molecular weight is 448 g/mol. The van der Waals surface area contributed by atoms with Crippen molar-refractivity contribution in [3.63, 3.8) is 0 Å². The van der Waals surface area contributed by atoms with E-state index in [1.165, 1.54) is 0 Å². The standard InChI is InChI=1S/C15H7Br2Cl2NO/c16-11-4-8(5-12(17)15(11)21)3-10(7-20)9-1-2-13(18)14(19)6-9/h1-6,21H/b10-3-. The first kappa shape index (κ1) is 16.4. The molecule has 6 heteroatoms. The van der Waals surface area contributed by atoms with Crippen LogP contribution in [0.1, 0.15) is 11.1 Å². The van der Waals surface area contributed by atoms with Crippen LogP contribution in [0.25, 0.3) is 11.6 Å². The number of nitrogens with zero attached hydrogens (tertiary/aromatic N) is 1. The van der Waals surface area contributed by atoms with E-state index in [4.69, 9.17) is 23.2 Å². The maximum Gasteiger partial charge on any atom is 0.143 e. The van der Waals surface area contributed by atoms with Crippen molar-refractivity contribution in [3.8, 4) is 11.8 Å². The van der Waals surface area contributed by atoms with Gasteiger partial charge in [0.2, 0.25) is 0 Å². The number of halogens is 4. The molecular weight excluding hydrogens is 441 g/mol. The summed E-state index contributed by atoms with van der Waals surface area (Å²) in [5.41, 5.74) is 1.87. The summed E-state index contributed by atoms with van der Waals surface area (Å²) in [5, 5.41) is 19.9. The first-order valence-corrected chi connectivity index (χ1v) is 8.02. The molecule has 0 aliphatic heterocycles. The molecule has 0 bridgehead atoms. The van der Waals surface area contributed by atoms with Crippen molar-refractivity contribution in [1.82, 2.24) is 0 Å². The van der Waals surface area contributed by atoms with Gasteiger partial charge in [-0.25, -0.2) is 0 Å². The number of nitriles is 1. The molecule has 0 atom stereocenters. The molecule has 0 heterocycles. The third kappa shape index (κ3) is 3.81. The topological polar surface area (TPSA) is 44.0 Å². The van der Waals surface area contributed by atoms with E-state index >= 15 is 0 Å². The fraction of sp³-hybridized carbons (Fsp3) is 0. The lowest BCUT2D eigenvalue weighted by Gasteiger charge is -2.05. The smallest absolute Gasteiger partial charge is 0.143 e. The number of rotatable bonds is 2. The molecule has 0 aromatic heterocycles. The van der Waals surface area contributed by atoms with Crippen molar-refractivity contribution < 1.29 is 5.11 Å². The quantitative estimate of drug-likeness (QED) is 0.434. The molecular formula is C15H7Br2Cl2NO. The fourth-order valence-corrected chi connectivity index (χ4v) is 3.20. The Bertz CT molecular complexity index is 759. The van der Waals surface area contributed by atoms with E-state index < -0.39 is 0 Å². The summed E-state index contributed by atoms with van der Waals surface area (Å²) in [5.74, 6) is 0.111. The number of hydrogen-bond acceptors (Lipinski definition) is 2. The van der Waals surface area contributed by atoms with E-state index in [-0.39, 0.29) is 5.75 Å². The molecule has 0 amide bonds. The number of allylic oxidation sites excluding steroid dienone is 1. The maximum atomic E-state index is 9.69. The number of phenolic OH excluding ortho intramolecular Hbond substituents is 1. The van der Waals surface area contributed by atoms with Crippen LogP contribution in [0.15, 0.2) is 39.3 Å². The van der Waals surface area contributed by atoms with Crippen LogP contribution in [0.3, 0.4) is 0 Å². The molecule has 2 aromatic rings. The lowest BCUT2D eigenvalue weighted by Crippen LogP contribution is -1.84. The van der Waals surface area contributed by atoms with Crippen molar-refractivity contribution in [2.24, 2.45) is 0 Å². The Morgan fingerprint density at radius 1 is 1.10 bits per heavy atom. The highest BCUT2D eigenvalue weighted by atomic mass is 79.9. The second kappa shape index (κ2) is 6.85. The van der Waals surface area contributed by atoms with Gasteiger partial charge in [-0.3, -0.25) is 0 Å². The first-order valence-electron chi connectivity index (χ1n) is 5.67.